The van der Waals surface area contributed by atoms with Gasteiger partial charge in [-0.1, -0.05) is 29.8 Å². The zero-order valence-corrected chi connectivity index (χ0v) is 19.9. The first-order chi connectivity index (χ1) is 16.7. The number of fused-ring (bicyclic) bond motifs is 2. The van der Waals surface area contributed by atoms with Gasteiger partial charge in [0.25, 0.3) is 5.91 Å². The highest BCUT2D eigenvalue weighted by Crippen LogP contribution is 2.34. The Hall–Kier alpha value is -4.16. The molecule has 3 heterocycles. The van der Waals surface area contributed by atoms with Gasteiger partial charge >= 0.3 is 0 Å². The van der Waals surface area contributed by atoms with E-state index in [1.54, 1.807) is 40.8 Å². The highest BCUT2D eigenvalue weighted by molar-refractivity contribution is 6.35. The number of hydrogen-bond acceptors (Lipinski definition) is 5. The Morgan fingerprint density at radius 1 is 1.23 bits per heavy atom. The molecule has 2 N–H and O–H groups in total. The van der Waals surface area contributed by atoms with E-state index in [9.17, 15) is 9.59 Å². The largest absolute Gasteiger partial charge is 0.439 e. The van der Waals surface area contributed by atoms with Crippen LogP contribution >= 0.6 is 11.6 Å². The summed E-state index contributed by atoms with van der Waals surface area (Å²) in [5, 5.41) is 5.00. The molecule has 176 valence electrons. The Balaban J connectivity index is 1.46. The molecule has 2 aromatic carbocycles. The summed E-state index contributed by atoms with van der Waals surface area (Å²) in [6, 6.07) is 8.82. The Morgan fingerprint density at radius 3 is 2.74 bits per heavy atom. The third-order valence-electron chi connectivity index (χ3n) is 6.14. The summed E-state index contributed by atoms with van der Waals surface area (Å²) in [7, 11) is 0. The van der Waals surface area contributed by atoms with E-state index < -0.39 is 5.91 Å². The standard InChI is InChI=1S/C25H21ClN6O3/c1-13-8-15(4-5-18(13)28-3)9-21(33)31-6-7-32-20(12-31)22(25(27)34)23(30-32)16-10-17(26)24-19(11-16)29-14(2)35-24/h4-5,8,10-11H,6-7,9,12H2,1-2H3,(H2,27,34). The smallest absolute Gasteiger partial charge is 0.252 e. The number of carbonyl (C=O) groups is 2. The molecule has 0 saturated carbocycles. The molecule has 5 rings (SSSR count). The number of rotatable bonds is 4. The van der Waals surface area contributed by atoms with Crippen molar-refractivity contribution in [3.8, 4) is 11.3 Å². The maximum absolute atomic E-state index is 13.1. The minimum Gasteiger partial charge on any atom is -0.439 e. The van der Waals surface area contributed by atoms with Crippen LogP contribution in [0, 0.1) is 20.4 Å². The summed E-state index contributed by atoms with van der Waals surface area (Å²) < 4.78 is 7.26. The molecule has 2 aromatic heterocycles. The second kappa shape index (κ2) is 8.56. The van der Waals surface area contributed by atoms with Crippen LogP contribution in [0.2, 0.25) is 5.02 Å². The second-order valence-corrected chi connectivity index (χ2v) is 8.93. The lowest BCUT2D eigenvalue weighted by Crippen LogP contribution is -2.40. The van der Waals surface area contributed by atoms with Gasteiger partial charge in [0.2, 0.25) is 5.91 Å². The molecule has 0 aliphatic carbocycles. The molecule has 0 atom stereocenters. The van der Waals surface area contributed by atoms with Crippen LogP contribution in [0.15, 0.2) is 34.7 Å². The van der Waals surface area contributed by atoms with Gasteiger partial charge in [0.1, 0.15) is 11.2 Å². The Kier molecular flexibility index (Phi) is 5.53. The van der Waals surface area contributed by atoms with Crippen molar-refractivity contribution in [1.82, 2.24) is 19.7 Å². The maximum Gasteiger partial charge on any atom is 0.252 e. The van der Waals surface area contributed by atoms with Crippen molar-refractivity contribution < 1.29 is 14.0 Å². The fraction of sp³-hybridized carbons (Fsp3) is 0.240. The molecule has 0 fully saturated rings. The number of nitrogens with two attached hydrogens (primary N) is 1. The lowest BCUT2D eigenvalue weighted by molar-refractivity contribution is -0.132. The molecule has 0 unspecified atom stereocenters. The van der Waals surface area contributed by atoms with E-state index in [-0.39, 0.29) is 24.4 Å². The Labute approximate surface area is 205 Å². The number of nitrogens with zero attached hydrogens (tertiary/aromatic N) is 5. The van der Waals surface area contributed by atoms with Gasteiger partial charge in [-0.2, -0.15) is 5.10 Å². The number of halogens is 1. The van der Waals surface area contributed by atoms with Gasteiger partial charge in [0.15, 0.2) is 17.2 Å². The third kappa shape index (κ3) is 4.02. The third-order valence-corrected chi connectivity index (χ3v) is 6.42. The van der Waals surface area contributed by atoms with Crippen molar-refractivity contribution in [1.29, 1.82) is 0 Å². The van der Waals surface area contributed by atoms with Gasteiger partial charge in [-0.15, -0.1) is 0 Å². The molecule has 0 saturated heterocycles. The summed E-state index contributed by atoms with van der Waals surface area (Å²) in [4.78, 5) is 35.1. The summed E-state index contributed by atoms with van der Waals surface area (Å²) in [6.07, 6.45) is 0.198. The van der Waals surface area contributed by atoms with E-state index in [2.05, 4.69) is 14.9 Å². The molecular weight excluding hydrogens is 468 g/mol. The highest BCUT2D eigenvalue weighted by atomic mass is 35.5. The predicted octanol–water partition coefficient (Wildman–Crippen LogP) is 4.20. The lowest BCUT2D eigenvalue weighted by Gasteiger charge is -2.28. The fourth-order valence-electron chi connectivity index (χ4n) is 4.47. The van der Waals surface area contributed by atoms with Crippen LogP contribution in [0.25, 0.3) is 27.2 Å². The SMILES string of the molecule is [C-]#[N+]c1ccc(CC(=O)N2CCn3nc(-c4cc(Cl)c5oc(C)nc5c4)c(C(N)=O)c3C2)cc1C. The van der Waals surface area contributed by atoms with Gasteiger partial charge < -0.3 is 15.1 Å². The Morgan fingerprint density at radius 2 is 2.03 bits per heavy atom. The van der Waals surface area contributed by atoms with Crippen molar-refractivity contribution in [3.63, 3.8) is 0 Å². The molecule has 9 nitrogen and oxygen atoms in total. The van der Waals surface area contributed by atoms with E-state index in [0.717, 1.165) is 11.1 Å². The second-order valence-electron chi connectivity index (χ2n) is 8.52. The molecule has 1 aliphatic heterocycles. The number of amides is 2. The molecule has 10 heteroatoms. The Bertz CT molecular complexity index is 1560. The van der Waals surface area contributed by atoms with Crippen LogP contribution in [0.5, 0.6) is 0 Å². The number of primary amides is 1. The average molecular weight is 489 g/mol. The van der Waals surface area contributed by atoms with Crippen molar-refractivity contribution in [2.24, 2.45) is 5.73 Å². The zero-order chi connectivity index (χ0) is 24.9. The number of hydrogen-bond donors (Lipinski definition) is 1. The van der Waals surface area contributed by atoms with Crippen LogP contribution in [0.1, 0.15) is 33.1 Å². The molecule has 2 amide bonds. The minimum atomic E-state index is -0.631. The zero-order valence-electron chi connectivity index (χ0n) is 19.1. The quantitative estimate of drug-likeness (QED) is 0.433. The summed E-state index contributed by atoms with van der Waals surface area (Å²) in [6.45, 7) is 11.9. The van der Waals surface area contributed by atoms with E-state index in [0.29, 0.717) is 57.7 Å². The first-order valence-electron chi connectivity index (χ1n) is 11.0. The van der Waals surface area contributed by atoms with Gasteiger partial charge in [0.05, 0.1) is 42.4 Å². The highest BCUT2D eigenvalue weighted by Gasteiger charge is 2.30. The topological polar surface area (TPSA) is 112 Å². The minimum absolute atomic E-state index is 0.0769. The van der Waals surface area contributed by atoms with E-state index >= 15 is 0 Å². The number of oxazole rings is 1. The van der Waals surface area contributed by atoms with Crippen LogP contribution in [-0.2, 0) is 24.3 Å². The molecular formula is C25H21ClN6O3. The van der Waals surface area contributed by atoms with Crippen molar-refractivity contribution >= 4 is 40.2 Å². The van der Waals surface area contributed by atoms with Gasteiger partial charge in [-0.05, 0) is 30.2 Å². The van der Waals surface area contributed by atoms with Crippen LogP contribution in [0.3, 0.4) is 0 Å². The van der Waals surface area contributed by atoms with Crippen LogP contribution in [0.4, 0.5) is 5.69 Å². The molecule has 0 radical (unpaired) electrons. The first kappa shape index (κ1) is 22.6. The van der Waals surface area contributed by atoms with E-state index in [1.807, 2.05) is 13.0 Å². The van der Waals surface area contributed by atoms with Crippen LogP contribution < -0.4 is 5.73 Å². The van der Waals surface area contributed by atoms with Crippen LogP contribution in [-0.4, -0.2) is 38.0 Å². The fourth-order valence-corrected chi connectivity index (χ4v) is 4.72. The molecule has 0 bridgehead atoms. The maximum atomic E-state index is 13.1. The predicted molar refractivity (Wildman–Crippen MR) is 130 cm³/mol. The normalized spacial score (nSPS) is 13.0. The molecule has 35 heavy (non-hydrogen) atoms. The van der Waals surface area contributed by atoms with Crippen molar-refractivity contribution in [2.75, 3.05) is 6.54 Å². The van der Waals surface area contributed by atoms with Crippen molar-refractivity contribution in [3.05, 3.63) is 75.0 Å². The number of carbonyl (C=O) groups excluding carboxylic acids is 2. The van der Waals surface area contributed by atoms with E-state index in [1.165, 1.54) is 0 Å². The first-order valence-corrected chi connectivity index (χ1v) is 11.3. The van der Waals surface area contributed by atoms with Gasteiger partial charge in [-0.3, -0.25) is 14.3 Å². The van der Waals surface area contributed by atoms with Gasteiger partial charge in [0, 0.05) is 19.0 Å². The number of aromatic nitrogens is 3. The molecule has 1 aliphatic rings. The monoisotopic (exact) mass is 488 g/mol. The summed E-state index contributed by atoms with van der Waals surface area (Å²) in [5.41, 5.74) is 10.9. The molecule has 0 spiro atoms. The number of aryl methyl sites for hydroxylation is 2. The van der Waals surface area contributed by atoms with Gasteiger partial charge in [-0.25, -0.2) is 9.83 Å². The van der Waals surface area contributed by atoms with E-state index in [4.69, 9.17) is 28.3 Å². The number of benzene rings is 2. The lowest BCUT2D eigenvalue weighted by atomic mass is 10.0. The molecule has 4 aromatic rings. The van der Waals surface area contributed by atoms with Crippen molar-refractivity contribution in [2.45, 2.75) is 33.4 Å². The summed E-state index contributed by atoms with van der Waals surface area (Å²) >= 11 is 6.40. The summed E-state index contributed by atoms with van der Waals surface area (Å²) in [5.74, 6) is -0.230. The average Bonchev–Trinajstić information content (AvgIpc) is 3.39.